The Kier molecular flexibility index (Phi) is 5.02. The largest absolute Gasteiger partial charge is 0.507 e. The number of hydrogen-bond donors (Lipinski definition) is 3. The zero-order valence-electron chi connectivity index (χ0n) is 10.9. The van der Waals surface area contributed by atoms with Crippen LogP contribution in [-0.4, -0.2) is 66.2 Å². The van der Waals surface area contributed by atoms with Gasteiger partial charge in [0, 0.05) is 34.9 Å². The number of tetrazole rings is 1. The second kappa shape index (κ2) is 6.76. The molecule has 0 aliphatic carbocycles. The van der Waals surface area contributed by atoms with Crippen molar-refractivity contribution < 1.29 is 9.90 Å². The van der Waals surface area contributed by atoms with Crippen LogP contribution in [0.25, 0.3) is 10.6 Å². The number of H-pyrrole nitrogens is 1. The molecule has 0 saturated carbocycles. The first-order chi connectivity index (χ1) is 9.74. The molecule has 2 aromatic heterocycles. The number of nitrogens with zero attached hydrogens (tertiary/aromatic N) is 4. The summed E-state index contributed by atoms with van der Waals surface area (Å²) in [6.45, 7) is 0. The number of aromatic amines is 1. The van der Waals surface area contributed by atoms with Gasteiger partial charge in [0.05, 0.1) is 5.56 Å². The summed E-state index contributed by atoms with van der Waals surface area (Å²) in [5.41, 5.74) is 0.808. The number of carbonyl (C=O) groups excluding carboxylic acids is 1. The van der Waals surface area contributed by atoms with E-state index < -0.39 is 5.91 Å². The monoisotopic (exact) mass is 311 g/mol. The van der Waals surface area contributed by atoms with Crippen LogP contribution in [-0.2, 0) is 0 Å². The van der Waals surface area contributed by atoms with Gasteiger partial charge in [0.15, 0.2) is 0 Å². The third-order valence-electron chi connectivity index (χ3n) is 2.45. The molecule has 21 heavy (non-hydrogen) atoms. The maximum absolute atomic E-state index is 11.9. The molecule has 0 bridgehead atoms. The molecule has 1 aromatic carbocycles. The fourth-order valence-electron chi connectivity index (χ4n) is 1.54. The van der Waals surface area contributed by atoms with Gasteiger partial charge in [-0.2, -0.15) is 0 Å². The second-order valence-electron chi connectivity index (χ2n) is 3.76. The Labute approximate surface area is 144 Å². The summed E-state index contributed by atoms with van der Waals surface area (Å²) in [6.07, 6.45) is 0. The number of para-hydroxylation sites is 1. The number of aromatic hydroxyl groups is 1. The van der Waals surface area contributed by atoms with Gasteiger partial charge in [-0.25, -0.2) is 10.1 Å². The van der Waals surface area contributed by atoms with Gasteiger partial charge in [0.25, 0.3) is 5.91 Å². The van der Waals surface area contributed by atoms with E-state index in [1.54, 1.807) is 29.6 Å². The van der Waals surface area contributed by atoms with Crippen LogP contribution in [0.15, 0.2) is 29.6 Å². The van der Waals surface area contributed by atoms with Crippen LogP contribution in [0.2, 0.25) is 0 Å². The second-order valence-corrected chi connectivity index (χ2v) is 4.62. The summed E-state index contributed by atoms with van der Waals surface area (Å²) in [4.78, 5) is 16.1. The van der Waals surface area contributed by atoms with E-state index in [0.29, 0.717) is 10.6 Å². The first-order valence-corrected chi connectivity index (χ1v) is 6.41. The van der Waals surface area contributed by atoms with Gasteiger partial charge < -0.3 is 5.11 Å². The molecule has 0 fully saturated rings. The average molecular weight is 311 g/mol. The molecule has 0 spiro atoms. The number of thiazole rings is 1. The van der Waals surface area contributed by atoms with Crippen LogP contribution >= 0.6 is 11.3 Å². The maximum Gasteiger partial charge on any atom is 0.277 e. The first kappa shape index (κ1) is 15.6. The standard InChI is InChI=1S/C11H8N6O2S.Na/c18-8-4-2-1-3-6(8)10-12-7(5-20-10)9(19)13-11-14-16-17-15-11;/h1-5,18H,(H2,13,14,15,16,17,19);. The minimum atomic E-state index is -0.429. The molecule has 1 amide bonds. The Morgan fingerprint density at radius 3 is 2.86 bits per heavy atom. The number of rotatable bonds is 3. The number of aromatic nitrogens is 5. The molecular formula is C11H8N6NaO2S. The number of nitrogens with one attached hydrogen (secondary N) is 2. The van der Waals surface area contributed by atoms with Crippen molar-refractivity contribution in [3.05, 3.63) is 35.3 Å². The van der Waals surface area contributed by atoms with Gasteiger partial charge in [0.2, 0.25) is 5.95 Å². The zero-order valence-corrected chi connectivity index (χ0v) is 13.8. The molecular weight excluding hydrogens is 303 g/mol. The van der Waals surface area contributed by atoms with Crippen LogP contribution < -0.4 is 5.32 Å². The van der Waals surface area contributed by atoms with Crippen molar-refractivity contribution in [2.45, 2.75) is 0 Å². The number of anilines is 1. The van der Waals surface area contributed by atoms with E-state index in [0.717, 1.165) is 0 Å². The van der Waals surface area contributed by atoms with E-state index in [9.17, 15) is 9.90 Å². The van der Waals surface area contributed by atoms with Crippen molar-refractivity contribution in [1.82, 2.24) is 25.6 Å². The van der Waals surface area contributed by atoms with Crippen LogP contribution in [0.4, 0.5) is 5.95 Å². The predicted molar refractivity (Wildman–Crippen MR) is 77.1 cm³/mol. The third kappa shape index (κ3) is 3.45. The number of phenolic OH excluding ortho intramolecular Hbond substituents is 1. The van der Waals surface area contributed by atoms with Gasteiger partial charge in [-0.1, -0.05) is 17.2 Å². The summed E-state index contributed by atoms with van der Waals surface area (Å²) < 4.78 is 0. The van der Waals surface area contributed by atoms with Crippen molar-refractivity contribution in [1.29, 1.82) is 0 Å². The Hall–Kier alpha value is -1.81. The first-order valence-electron chi connectivity index (χ1n) is 5.53. The summed E-state index contributed by atoms with van der Waals surface area (Å²) >= 11 is 1.26. The van der Waals surface area contributed by atoms with E-state index in [2.05, 4.69) is 30.9 Å². The summed E-state index contributed by atoms with van der Waals surface area (Å²) in [7, 11) is 0. The number of hydrogen-bond acceptors (Lipinski definition) is 7. The molecule has 0 unspecified atom stereocenters. The van der Waals surface area contributed by atoms with Gasteiger partial charge >= 0.3 is 0 Å². The Balaban J connectivity index is 0.00000161. The molecule has 3 aromatic rings. The van der Waals surface area contributed by atoms with E-state index in [-0.39, 0.29) is 46.9 Å². The minimum absolute atomic E-state index is 0. The normalized spacial score (nSPS) is 9.90. The van der Waals surface area contributed by atoms with Gasteiger partial charge in [-0.05, 0) is 22.6 Å². The fraction of sp³-hybridized carbons (Fsp3) is 0. The zero-order chi connectivity index (χ0) is 13.9. The van der Waals surface area contributed by atoms with E-state index in [4.69, 9.17) is 0 Å². The van der Waals surface area contributed by atoms with Crippen molar-refractivity contribution in [2.24, 2.45) is 0 Å². The van der Waals surface area contributed by atoms with Crippen LogP contribution in [0.5, 0.6) is 5.75 Å². The molecule has 3 rings (SSSR count). The van der Waals surface area contributed by atoms with Crippen LogP contribution in [0, 0.1) is 0 Å². The molecule has 0 aliphatic rings. The van der Waals surface area contributed by atoms with Crippen LogP contribution in [0.3, 0.4) is 0 Å². The van der Waals surface area contributed by atoms with Gasteiger partial charge in [-0.15, -0.1) is 11.3 Å². The Morgan fingerprint density at radius 1 is 1.33 bits per heavy atom. The number of amides is 1. The molecule has 10 heteroatoms. The molecule has 0 saturated heterocycles. The van der Waals surface area contributed by atoms with Gasteiger partial charge in [-0.3, -0.25) is 10.1 Å². The van der Waals surface area contributed by atoms with E-state index >= 15 is 0 Å². The summed E-state index contributed by atoms with van der Waals surface area (Å²) in [6, 6.07) is 6.81. The minimum Gasteiger partial charge on any atom is -0.507 e. The Morgan fingerprint density at radius 2 is 2.14 bits per heavy atom. The smallest absolute Gasteiger partial charge is 0.277 e. The molecule has 8 nitrogen and oxygen atoms in total. The molecule has 0 atom stereocenters. The van der Waals surface area contributed by atoms with Crippen LogP contribution in [0.1, 0.15) is 10.5 Å². The van der Waals surface area contributed by atoms with Gasteiger partial charge in [0.1, 0.15) is 16.5 Å². The molecule has 3 N–H and O–H groups in total. The van der Waals surface area contributed by atoms with Crippen molar-refractivity contribution >= 4 is 52.7 Å². The molecule has 2 heterocycles. The molecule has 0 aliphatic heterocycles. The third-order valence-corrected chi connectivity index (χ3v) is 3.32. The topological polar surface area (TPSA) is 117 Å². The number of carbonyl (C=O) groups is 1. The summed E-state index contributed by atoms with van der Waals surface area (Å²) in [5, 5.41) is 27.0. The molecule has 101 valence electrons. The SMILES string of the molecule is O=C(Nc1nnn[nH]1)c1csc(-c2ccccc2O)n1.[Na]. The number of benzene rings is 1. The van der Waals surface area contributed by atoms with Crippen molar-refractivity contribution in [3.63, 3.8) is 0 Å². The summed E-state index contributed by atoms with van der Waals surface area (Å²) in [5.74, 6) is -0.165. The number of phenols is 1. The van der Waals surface area contributed by atoms with E-state index in [1.807, 2.05) is 0 Å². The van der Waals surface area contributed by atoms with Crippen molar-refractivity contribution in [2.75, 3.05) is 5.32 Å². The average Bonchev–Trinajstić information content (AvgIpc) is 3.10. The van der Waals surface area contributed by atoms with E-state index in [1.165, 1.54) is 11.3 Å². The maximum atomic E-state index is 11.9. The quantitative estimate of drug-likeness (QED) is 0.619. The Bertz CT molecular complexity index is 745. The van der Waals surface area contributed by atoms with Crippen molar-refractivity contribution in [3.8, 4) is 16.3 Å². The predicted octanol–water partition coefficient (Wildman–Crippen LogP) is 0.900. The fourth-order valence-corrected chi connectivity index (χ4v) is 2.37. The molecule has 1 radical (unpaired) electrons.